The van der Waals surface area contributed by atoms with Gasteiger partial charge in [-0.2, -0.15) is 5.26 Å². The molecule has 0 amide bonds. The highest BCUT2D eigenvalue weighted by Gasteiger charge is 1.81. The summed E-state index contributed by atoms with van der Waals surface area (Å²) in [5.41, 5.74) is 4.84. The molecule has 0 rings (SSSR count). The van der Waals surface area contributed by atoms with Crippen molar-refractivity contribution < 1.29 is 4.74 Å². The summed E-state index contributed by atoms with van der Waals surface area (Å²) >= 11 is 4.27. The highest BCUT2D eigenvalue weighted by Crippen LogP contribution is 1.68. The Labute approximate surface area is 46.7 Å². The largest absolute Gasteiger partial charge is 0.456 e. The lowest BCUT2D eigenvalue weighted by atomic mass is 10.8. The molecule has 0 aromatic heterocycles. The Morgan fingerprint density at radius 2 is 2.57 bits per heavy atom. The van der Waals surface area contributed by atoms with Gasteiger partial charge in [0.25, 0.3) is 5.17 Å². The van der Waals surface area contributed by atoms with Crippen molar-refractivity contribution >= 4 is 17.4 Å². The van der Waals surface area contributed by atoms with Crippen molar-refractivity contribution in [3.8, 4) is 6.07 Å². The standard InChI is InChI=1S/C3H4N2OS/c4-1-2-6-3(5)7/h2H2,(H2,5,7). The van der Waals surface area contributed by atoms with Gasteiger partial charge in [0.2, 0.25) is 0 Å². The molecule has 0 fully saturated rings. The van der Waals surface area contributed by atoms with Crippen LogP contribution in [-0.4, -0.2) is 11.8 Å². The highest BCUT2D eigenvalue weighted by molar-refractivity contribution is 7.80. The second kappa shape index (κ2) is 3.37. The van der Waals surface area contributed by atoms with Crippen LogP contribution >= 0.6 is 12.2 Å². The summed E-state index contributed by atoms with van der Waals surface area (Å²) in [6.45, 7) is -0.0602. The van der Waals surface area contributed by atoms with E-state index in [1.54, 1.807) is 6.07 Å². The van der Waals surface area contributed by atoms with Gasteiger partial charge in [0.15, 0.2) is 6.61 Å². The first-order chi connectivity index (χ1) is 3.27. The van der Waals surface area contributed by atoms with Crippen LogP contribution in [0, 0.1) is 11.3 Å². The van der Waals surface area contributed by atoms with E-state index >= 15 is 0 Å². The quantitative estimate of drug-likeness (QED) is 0.481. The van der Waals surface area contributed by atoms with E-state index in [2.05, 4.69) is 17.0 Å². The van der Waals surface area contributed by atoms with E-state index in [0.717, 1.165) is 0 Å². The molecule has 0 aromatic carbocycles. The molecule has 0 heterocycles. The van der Waals surface area contributed by atoms with Gasteiger partial charge in [0.1, 0.15) is 6.07 Å². The third kappa shape index (κ3) is 5.18. The minimum atomic E-state index is -0.0819. The van der Waals surface area contributed by atoms with E-state index in [1.807, 2.05) is 0 Å². The fraction of sp³-hybridized carbons (Fsp3) is 0.333. The van der Waals surface area contributed by atoms with E-state index in [0.29, 0.717) is 0 Å². The van der Waals surface area contributed by atoms with Crippen molar-refractivity contribution in [2.75, 3.05) is 6.61 Å². The van der Waals surface area contributed by atoms with Crippen molar-refractivity contribution in [2.24, 2.45) is 5.73 Å². The number of nitrogens with zero attached hydrogens (tertiary/aromatic N) is 1. The van der Waals surface area contributed by atoms with Crippen molar-refractivity contribution in [2.45, 2.75) is 0 Å². The van der Waals surface area contributed by atoms with Crippen LogP contribution < -0.4 is 5.73 Å². The summed E-state index contributed by atoms with van der Waals surface area (Å²) in [7, 11) is 0. The zero-order chi connectivity index (χ0) is 5.70. The fourth-order valence-corrected chi connectivity index (χ4v) is 0.162. The van der Waals surface area contributed by atoms with Gasteiger partial charge in [-0.05, 0) is 12.2 Å². The first kappa shape index (κ1) is 6.18. The van der Waals surface area contributed by atoms with Gasteiger partial charge in [-0.1, -0.05) is 0 Å². The van der Waals surface area contributed by atoms with Crippen LogP contribution in [0.5, 0.6) is 0 Å². The Hall–Kier alpha value is -0.820. The summed E-state index contributed by atoms with van der Waals surface area (Å²) in [5, 5.41) is 7.74. The van der Waals surface area contributed by atoms with Gasteiger partial charge in [-0.3, -0.25) is 0 Å². The molecular formula is C3H4N2OS. The third-order valence-electron chi connectivity index (χ3n) is 0.279. The third-order valence-corrected chi connectivity index (χ3v) is 0.397. The van der Waals surface area contributed by atoms with Crippen molar-refractivity contribution in [3.63, 3.8) is 0 Å². The minimum Gasteiger partial charge on any atom is -0.456 e. The summed E-state index contributed by atoms with van der Waals surface area (Å²) in [4.78, 5) is 0. The van der Waals surface area contributed by atoms with E-state index in [1.165, 1.54) is 0 Å². The molecular weight excluding hydrogens is 112 g/mol. The molecule has 38 valence electrons. The number of hydrogen-bond acceptors (Lipinski definition) is 3. The number of thiocarbonyl (C=S) groups is 1. The molecule has 0 saturated carbocycles. The molecule has 0 bridgehead atoms. The van der Waals surface area contributed by atoms with Crippen LogP contribution in [0.2, 0.25) is 0 Å². The first-order valence-corrected chi connectivity index (χ1v) is 1.97. The SMILES string of the molecule is N#CCOC(N)=S. The monoisotopic (exact) mass is 116 g/mol. The Morgan fingerprint density at radius 3 is 2.71 bits per heavy atom. The molecule has 0 aliphatic rings. The van der Waals surface area contributed by atoms with Crippen molar-refractivity contribution in [3.05, 3.63) is 0 Å². The van der Waals surface area contributed by atoms with Crippen LogP contribution in [0.25, 0.3) is 0 Å². The topological polar surface area (TPSA) is 59.0 Å². The van der Waals surface area contributed by atoms with Crippen LogP contribution in [0.1, 0.15) is 0 Å². The smallest absolute Gasteiger partial charge is 0.254 e. The number of ether oxygens (including phenoxy) is 1. The van der Waals surface area contributed by atoms with Gasteiger partial charge < -0.3 is 10.5 Å². The molecule has 4 heteroatoms. The van der Waals surface area contributed by atoms with Gasteiger partial charge in [0, 0.05) is 0 Å². The summed E-state index contributed by atoms with van der Waals surface area (Å²) in [5.74, 6) is 0. The maximum Gasteiger partial charge on any atom is 0.254 e. The predicted octanol–water partition coefficient (Wildman–Crippen LogP) is -0.230. The van der Waals surface area contributed by atoms with E-state index in [9.17, 15) is 0 Å². The number of nitriles is 1. The number of rotatable bonds is 1. The molecule has 0 aliphatic carbocycles. The molecule has 0 atom stereocenters. The summed E-state index contributed by atoms with van der Waals surface area (Å²) in [6.07, 6.45) is 0. The van der Waals surface area contributed by atoms with Gasteiger partial charge in [-0.25, -0.2) is 0 Å². The predicted molar refractivity (Wildman–Crippen MR) is 28.4 cm³/mol. The molecule has 0 saturated heterocycles. The van der Waals surface area contributed by atoms with E-state index in [4.69, 9.17) is 11.0 Å². The van der Waals surface area contributed by atoms with Crippen LogP contribution in [0.15, 0.2) is 0 Å². The summed E-state index contributed by atoms with van der Waals surface area (Å²) < 4.78 is 4.34. The maximum absolute atomic E-state index is 7.82. The maximum atomic E-state index is 7.82. The lowest BCUT2D eigenvalue weighted by Crippen LogP contribution is -2.12. The molecule has 0 radical (unpaired) electrons. The average molecular weight is 116 g/mol. The molecule has 0 aromatic rings. The van der Waals surface area contributed by atoms with Crippen LogP contribution in [-0.2, 0) is 4.74 Å². The molecule has 0 spiro atoms. The Kier molecular flexibility index (Phi) is 2.98. The zero-order valence-electron chi connectivity index (χ0n) is 3.55. The Bertz CT molecular complexity index is 106. The Morgan fingerprint density at radius 1 is 2.00 bits per heavy atom. The van der Waals surface area contributed by atoms with Gasteiger partial charge >= 0.3 is 0 Å². The average Bonchev–Trinajstić information content (AvgIpc) is 1.61. The second-order valence-electron chi connectivity index (χ2n) is 0.766. The first-order valence-electron chi connectivity index (χ1n) is 1.56. The fourth-order valence-electron chi connectivity index (χ4n) is 0.103. The minimum absolute atomic E-state index is 0.0602. The molecule has 0 unspecified atom stereocenters. The normalized spacial score (nSPS) is 6.71. The lowest BCUT2D eigenvalue weighted by Gasteiger charge is -1.91. The van der Waals surface area contributed by atoms with Crippen LogP contribution in [0.4, 0.5) is 0 Å². The molecule has 3 nitrogen and oxygen atoms in total. The zero-order valence-corrected chi connectivity index (χ0v) is 4.36. The van der Waals surface area contributed by atoms with Gasteiger partial charge in [0.05, 0.1) is 0 Å². The molecule has 7 heavy (non-hydrogen) atoms. The molecule has 2 N–H and O–H groups in total. The van der Waals surface area contributed by atoms with Crippen LogP contribution in [0.3, 0.4) is 0 Å². The molecule has 0 aliphatic heterocycles. The van der Waals surface area contributed by atoms with E-state index < -0.39 is 0 Å². The van der Waals surface area contributed by atoms with Crippen molar-refractivity contribution in [1.82, 2.24) is 0 Å². The van der Waals surface area contributed by atoms with Crippen molar-refractivity contribution in [1.29, 1.82) is 5.26 Å². The number of nitrogens with two attached hydrogens (primary N) is 1. The summed E-state index contributed by atoms with van der Waals surface area (Å²) in [6, 6.07) is 1.71. The van der Waals surface area contributed by atoms with E-state index in [-0.39, 0.29) is 11.8 Å². The number of hydrogen-bond donors (Lipinski definition) is 1. The Balaban J connectivity index is 3.02. The highest BCUT2D eigenvalue weighted by atomic mass is 32.1. The lowest BCUT2D eigenvalue weighted by molar-refractivity contribution is 0.360. The van der Waals surface area contributed by atoms with Gasteiger partial charge in [-0.15, -0.1) is 0 Å². The second-order valence-corrected chi connectivity index (χ2v) is 1.17.